The molecular formula is C10H15N7O. The highest BCUT2D eigenvalue weighted by Gasteiger charge is 2.25. The highest BCUT2D eigenvalue weighted by atomic mass is 16.1. The molecule has 2 aromatic heterocycles. The van der Waals surface area contributed by atoms with Crippen LogP contribution in [0.2, 0.25) is 0 Å². The van der Waals surface area contributed by atoms with Crippen molar-refractivity contribution in [3.05, 3.63) is 6.20 Å². The Kier molecular flexibility index (Phi) is 2.77. The van der Waals surface area contributed by atoms with Crippen LogP contribution >= 0.6 is 0 Å². The second kappa shape index (κ2) is 4.13. The van der Waals surface area contributed by atoms with Crippen LogP contribution in [0.4, 0.5) is 11.8 Å². The topological polar surface area (TPSA) is 136 Å². The van der Waals surface area contributed by atoms with Crippen molar-refractivity contribution in [2.75, 3.05) is 17.6 Å². The Balaban J connectivity index is 2.27. The molecule has 2 rings (SSSR count). The number of nitrogens with zero attached hydrogens (tertiary/aromatic N) is 3. The van der Waals surface area contributed by atoms with E-state index < -0.39 is 5.41 Å². The third-order valence-corrected chi connectivity index (χ3v) is 2.69. The van der Waals surface area contributed by atoms with E-state index in [4.69, 9.17) is 11.5 Å². The fourth-order valence-corrected chi connectivity index (χ4v) is 1.38. The van der Waals surface area contributed by atoms with Crippen molar-refractivity contribution < 1.29 is 4.79 Å². The van der Waals surface area contributed by atoms with Crippen molar-refractivity contribution in [1.82, 2.24) is 20.2 Å². The van der Waals surface area contributed by atoms with Gasteiger partial charge in [0.25, 0.3) is 0 Å². The van der Waals surface area contributed by atoms with Crippen molar-refractivity contribution in [3.8, 4) is 0 Å². The number of anilines is 2. The summed E-state index contributed by atoms with van der Waals surface area (Å²) in [7, 11) is 0. The first-order chi connectivity index (χ1) is 8.40. The molecule has 0 saturated heterocycles. The van der Waals surface area contributed by atoms with E-state index in [1.165, 1.54) is 0 Å². The van der Waals surface area contributed by atoms with Crippen LogP contribution < -0.4 is 16.8 Å². The van der Waals surface area contributed by atoms with Crippen molar-refractivity contribution in [3.63, 3.8) is 0 Å². The van der Waals surface area contributed by atoms with Crippen LogP contribution in [0.25, 0.3) is 11.0 Å². The molecule has 0 radical (unpaired) electrons. The molecule has 18 heavy (non-hydrogen) atoms. The summed E-state index contributed by atoms with van der Waals surface area (Å²) in [5.74, 6) is 0.271. The molecule has 0 aliphatic heterocycles. The Morgan fingerprint density at radius 3 is 2.89 bits per heavy atom. The third kappa shape index (κ3) is 2.17. The minimum atomic E-state index is -0.685. The number of hydrogen-bond donors (Lipinski definition) is 4. The van der Waals surface area contributed by atoms with Gasteiger partial charge in [0, 0.05) is 6.54 Å². The molecule has 8 nitrogen and oxygen atoms in total. The number of fused-ring (bicyclic) bond motifs is 1. The molecule has 0 aliphatic carbocycles. The van der Waals surface area contributed by atoms with E-state index in [1.54, 1.807) is 20.0 Å². The Bertz CT molecular complexity index is 589. The molecule has 0 aromatic carbocycles. The summed E-state index contributed by atoms with van der Waals surface area (Å²) in [6.07, 6.45) is 1.59. The summed E-state index contributed by atoms with van der Waals surface area (Å²) < 4.78 is 0. The third-order valence-electron chi connectivity index (χ3n) is 2.69. The van der Waals surface area contributed by atoms with Gasteiger partial charge in [-0.15, -0.1) is 0 Å². The minimum absolute atomic E-state index is 0.131. The van der Waals surface area contributed by atoms with Gasteiger partial charge in [0.15, 0.2) is 5.65 Å². The summed E-state index contributed by atoms with van der Waals surface area (Å²) in [5.41, 5.74) is 10.7. The van der Waals surface area contributed by atoms with Gasteiger partial charge in [0.2, 0.25) is 11.9 Å². The van der Waals surface area contributed by atoms with E-state index in [0.29, 0.717) is 23.4 Å². The lowest BCUT2D eigenvalue weighted by Gasteiger charge is -2.21. The number of aromatic nitrogens is 4. The molecule has 0 fully saturated rings. The standard InChI is InChI=1S/C10H15N7O/c1-10(2,8(11)18)4-13-6-5-3-14-17-7(5)16-9(12)15-6/h3H,4H2,1-2H3,(H2,11,18)(H4,12,13,14,15,16,17). The van der Waals surface area contributed by atoms with E-state index in [-0.39, 0.29) is 11.9 Å². The zero-order valence-corrected chi connectivity index (χ0v) is 10.2. The van der Waals surface area contributed by atoms with Crippen LogP contribution in [0.5, 0.6) is 0 Å². The summed E-state index contributed by atoms with van der Waals surface area (Å²) >= 11 is 0. The van der Waals surface area contributed by atoms with Gasteiger partial charge in [-0.05, 0) is 13.8 Å². The quantitative estimate of drug-likeness (QED) is 0.595. The molecule has 0 aliphatic rings. The zero-order chi connectivity index (χ0) is 13.3. The first kappa shape index (κ1) is 12.1. The summed E-state index contributed by atoms with van der Waals surface area (Å²) in [5, 5.41) is 10.3. The normalized spacial score (nSPS) is 11.7. The molecule has 0 saturated carbocycles. The summed E-state index contributed by atoms with van der Waals surface area (Å²) in [6, 6.07) is 0. The number of rotatable bonds is 4. The first-order valence-electron chi connectivity index (χ1n) is 5.40. The largest absolute Gasteiger partial charge is 0.369 e. The number of aromatic amines is 1. The fraction of sp³-hybridized carbons (Fsp3) is 0.400. The molecule has 96 valence electrons. The Hall–Kier alpha value is -2.38. The second-order valence-electron chi connectivity index (χ2n) is 4.66. The van der Waals surface area contributed by atoms with E-state index >= 15 is 0 Å². The van der Waals surface area contributed by atoms with Gasteiger partial charge in [0.05, 0.1) is 17.0 Å². The van der Waals surface area contributed by atoms with Crippen LogP contribution in [-0.4, -0.2) is 32.6 Å². The average Bonchev–Trinajstić information content (AvgIpc) is 2.73. The SMILES string of the molecule is CC(C)(CNc1nc(N)nc2[nH]ncc12)C(N)=O. The van der Waals surface area contributed by atoms with Crippen LogP contribution in [0.3, 0.4) is 0 Å². The van der Waals surface area contributed by atoms with Gasteiger partial charge >= 0.3 is 0 Å². The number of nitrogens with one attached hydrogen (secondary N) is 2. The maximum atomic E-state index is 11.2. The van der Waals surface area contributed by atoms with E-state index in [1.807, 2.05) is 0 Å². The van der Waals surface area contributed by atoms with Crippen LogP contribution in [0.1, 0.15) is 13.8 Å². The number of carbonyl (C=O) groups excluding carboxylic acids is 1. The number of carbonyl (C=O) groups is 1. The lowest BCUT2D eigenvalue weighted by molar-refractivity contribution is -0.125. The molecule has 8 heteroatoms. The Labute approximate surface area is 103 Å². The first-order valence-corrected chi connectivity index (χ1v) is 5.40. The van der Waals surface area contributed by atoms with Crippen LogP contribution in [-0.2, 0) is 4.79 Å². The van der Waals surface area contributed by atoms with Crippen molar-refractivity contribution in [2.45, 2.75) is 13.8 Å². The van der Waals surface area contributed by atoms with Gasteiger partial charge in [-0.2, -0.15) is 15.1 Å². The van der Waals surface area contributed by atoms with Crippen LogP contribution in [0, 0.1) is 5.41 Å². The van der Waals surface area contributed by atoms with E-state index in [0.717, 1.165) is 0 Å². The number of primary amides is 1. The second-order valence-corrected chi connectivity index (χ2v) is 4.66. The maximum absolute atomic E-state index is 11.2. The maximum Gasteiger partial charge on any atom is 0.224 e. The van der Waals surface area contributed by atoms with E-state index in [9.17, 15) is 4.79 Å². The van der Waals surface area contributed by atoms with Crippen LogP contribution in [0.15, 0.2) is 6.20 Å². The lowest BCUT2D eigenvalue weighted by atomic mass is 9.93. The molecule has 0 spiro atoms. The monoisotopic (exact) mass is 249 g/mol. The van der Waals surface area contributed by atoms with Gasteiger partial charge in [0.1, 0.15) is 5.82 Å². The fourth-order valence-electron chi connectivity index (χ4n) is 1.38. The average molecular weight is 249 g/mol. The van der Waals surface area contributed by atoms with E-state index in [2.05, 4.69) is 25.5 Å². The number of nitrogen functional groups attached to an aromatic ring is 1. The van der Waals surface area contributed by atoms with Gasteiger partial charge in [-0.25, -0.2) is 0 Å². The number of H-pyrrole nitrogens is 1. The molecule has 6 N–H and O–H groups in total. The summed E-state index contributed by atoms with van der Waals surface area (Å²) in [4.78, 5) is 19.3. The van der Waals surface area contributed by atoms with Crippen molar-refractivity contribution in [2.24, 2.45) is 11.1 Å². The number of amides is 1. The number of hydrogen-bond acceptors (Lipinski definition) is 6. The predicted octanol–water partition coefficient (Wildman–Crippen LogP) is -0.141. The number of nitrogens with two attached hydrogens (primary N) is 2. The molecule has 0 unspecified atom stereocenters. The predicted molar refractivity (Wildman–Crippen MR) is 67.6 cm³/mol. The molecule has 0 atom stereocenters. The molecule has 2 aromatic rings. The van der Waals surface area contributed by atoms with Gasteiger partial charge in [-0.3, -0.25) is 9.89 Å². The van der Waals surface area contributed by atoms with Crippen molar-refractivity contribution in [1.29, 1.82) is 0 Å². The van der Waals surface area contributed by atoms with Crippen molar-refractivity contribution >= 4 is 28.7 Å². The Morgan fingerprint density at radius 2 is 2.22 bits per heavy atom. The molecule has 1 amide bonds. The van der Waals surface area contributed by atoms with Gasteiger partial charge in [-0.1, -0.05) is 0 Å². The minimum Gasteiger partial charge on any atom is -0.369 e. The zero-order valence-electron chi connectivity index (χ0n) is 10.2. The highest BCUT2D eigenvalue weighted by Crippen LogP contribution is 2.21. The smallest absolute Gasteiger partial charge is 0.224 e. The lowest BCUT2D eigenvalue weighted by Crippen LogP contribution is -2.37. The summed E-state index contributed by atoms with van der Waals surface area (Å²) in [6.45, 7) is 3.85. The molecule has 2 heterocycles. The Morgan fingerprint density at radius 1 is 1.50 bits per heavy atom. The molecular weight excluding hydrogens is 234 g/mol. The highest BCUT2D eigenvalue weighted by molar-refractivity contribution is 5.87. The van der Waals surface area contributed by atoms with Gasteiger partial charge < -0.3 is 16.8 Å². The molecule has 0 bridgehead atoms.